The highest BCUT2D eigenvalue weighted by Crippen LogP contribution is 2.56. The summed E-state index contributed by atoms with van der Waals surface area (Å²) in [6.07, 6.45) is 5.74. The van der Waals surface area contributed by atoms with Crippen LogP contribution in [0.2, 0.25) is 5.02 Å². The second-order valence-corrected chi connectivity index (χ2v) is 7.21. The quantitative estimate of drug-likeness (QED) is 0.587. The van der Waals surface area contributed by atoms with Crippen molar-refractivity contribution in [3.8, 4) is 0 Å². The molecule has 0 unspecified atom stereocenters. The summed E-state index contributed by atoms with van der Waals surface area (Å²) >= 11 is 5.99. The fourth-order valence-electron chi connectivity index (χ4n) is 4.51. The van der Waals surface area contributed by atoms with Gasteiger partial charge in [0.05, 0.1) is 24.7 Å². The van der Waals surface area contributed by atoms with E-state index >= 15 is 0 Å². The van der Waals surface area contributed by atoms with Crippen molar-refractivity contribution in [1.82, 2.24) is 0 Å². The smallest absolute Gasteiger partial charge is 0.312 e. The number of amides is 1. The van der Waals surface area contributed by atoms with Crippen molar-refractivity contribution < 1.29 is 19.1 Å². The Kier molecular flexibility index (Phi) is 4.16. The van der Waals surface area contributed by atoms with E-state index in [1.54, 1.807) is 30.0 Å². The Morgan fingerprint density at radius 1 is 1.42 bits per heavy atom. The number of nitrogens with zero attached hydrogens (tertiary/aromatic N) is 1. The van der Waals surface area contributed by atoms with Crippen LogP contribution in [0.15, 0.2) is 49.1 Å². The highest BCUT2D eigenvalue weighted by atomic mass is 35.5. The van der Waals surface area contributed by atoms with E-state index in [2.05, 4.69) is 6.58 Å². The van der Waals surface area contributed by atoms with E-state index < -0.39 is 23.5 Å². The molecule has 26 heavy (non-hydrogen) atoms. The Labute approximate surface area is 157 Å². The van der Waals surface area contributed by atoms with Crippen LogP contribution in [-0.2, 0) is 19.1 Å². The van der Waals surface area contributed by atoms with Crippen LogP contribution in [0.25, 0.3) is 0 Å². The summed E-state index contributed by atoms with van der Waals surface area (Å²) in [5, 5.41) is 0.598. The van der Waals surface area contributed by atoms with Gasteiger partial charge in [-0.3, -0.25) is 9.59 Å². The molecule has 2 fully saturated rings. The standard InChI is InChI=1S/C20H20ClNO4/c1-3-5-15-20-11-10-14(26-20)16(19(24)25-4-2)17(20)18(23)22(15)13-8-6-12(21)7-9-13/h3,6-11,14-17H,1,4-5H2,2H3/t14-,15-,16+,17+,20-/m1/s1. The van der Waals surface area contributed by atoms with Gasteiger partial charge in [-0.2, -0.15) is 0 Å². The molecule has 6 heteroatoms. The third-order valence-electron chi connectivity index (χ3n) is 5.48. The lowest BCUT2D eigenvalue weighted by atomic mass is 9.74. The molecule has 0 aromatic heterocycles. The molecular weight excluding hydrogens is 354 g/mol. The molecule has 0 N–H and O–H groups in total. The summed E-state index contributed by atoms with van der Waals surface area (Å²) in [4.78, 5) is 27.6. The number of carbonyl (C=O) groups excluding carboxylic acids is 2. The first-order chi connectivity index (χ1) is 12.5. The molecule has 0 radical (unpaired) electrons. The molecule has 4 rings (SSSR count). The van der Waals surface area contributed by atoms with Gasteiger partial charge in [0.15, 0.2) is 0 Å². The molecule has 3 aliphatic heterocycles. The third-order valence-corrected chi connectivity index (χ3v) is 5.73. The fourth-order valence-corrected chi connectivity index (χ4v) is 4.64. The minimum Gasteiger partial charge on any atom is -0.466 e. The van der Waals surface area contributed by atoms with Gasteiger partial charge in [0.1, 0.15) is 11.5 Å². The molecular formula is C20H20ClNO4. The highest BCUT2D eigenvalue weighted by molar-refractivity contribution is 6.30. The lowest BCUT2D eigenvalue weighted by molar-refractivity contribution is -0.151. The minimum absolute atomic E-state index is 0.121. The van der Waals surface area contributed by atoms with E-state index in [1.807, 2.05) is 24.3 Å². The molecule has 136 valence electrons. The number of anilines is 1. The van der Waals surface area contributed by atoms with Gasteiger partial charge in [-0.1, -0.05) is 29.8 Å². The van der Waals surface area contributed by atoms with E-state index in [-0.39, 0.29) is 24.5 Å². The maximum atomic E-state index is 13.4. The summed E-state index contributed by atoms with van der Waals surface area (Å²) in [6.45, 7) is 5.87. The maximum Gasteiger partial charge on any atom is 0.312 e. The number of esters is 1. The van der Waals surface area contributed by atoms with Crippen molar-refractivity contribution in [2.24, 2.45) is 11.8 Å². The maximum absolute atomic E-state index is 13.4. The molecule has 0 saturated carbocycles. The van der Waals surface area contributed by atoms with Crippen LogP contribution in [0.4, 0.5) is 5.69 Å². The minimum atomic E-state index is -0.826. The number of fused-ring (bicyclic) bond motifs is 1. The van der Waals surface area contributed by atoms with Crippen molar-refractivity contribution in [2.45, 2.75) is 31.1 Å². The normalized spacial score (nSPS) is 34.2. The second-order valence-electron chi connectivity index (χ2n) is 6.78. The number of hydrogen-bond acceptors (Lipinski definition) is 4. The summed E-state index contributed by atoms with van der Waals surface area (Å²) < 4.78 is 11.4. The summed E-state index contributed by atoms with van der Waals surface area (Å²) in [7, 11) is 0. The largest absolute Gasteiger partial charge is 0.466 e. The van der Waals surface area contributed by atoms with Crippen molar-refractivity contribution in [1.29, 1.82) is 0 Å². The van der Waals surface area contributed by atoms with Gasteiger partial charge in [0, 0.05) is 10.7 Å². The molecule has 5 atom stereocenters. The highest BCUT2D eigenvalue weighted by Gasteiger charge is 2.71. The predicted octanol–water partition coefficient (Wildman–Crippen LogP) is 3.13. The van der Waals surface area contributed by atoms with E-state index in [4.69, 9.17) is 21.1 Å². The van der Waals surface area contributed by atoms with E-state index in [1.165, 1.54) is 0 Å². The van der Waals surface area contributed by atoms with Crippen LogP contribution in [0.1, 0.15) is 13.3 Å². The zero-order chi connectivity index (χ0) is 18.5. The Bertz CT molecular complexity index is 790. The zero-order valence-electron chi connectivity index (χ0n) is 14.4. The van der Waals surface area contributed by atoms with Gasteiger partial charge >= 0.3 is 5.97 Å². The summed E-state index contributed by atoms with van der Waals surface area (Å²) in [5.41, 5.74) is -0.0920. The first kappa shape index (κ1) is 17.3. The van der Waals surface area contributed by atoms with Crippen molar-refractivity contribution in [2.75, 3.05) is 11.5 Å². The molecule has 1 aromatic rings. The predicted molar refractivity (Wildman–Crippen MR) is 97.9 cm³/mol. The number of rotatable bonds is 5. The molecule has 2 bridgehead atoms. The molecule has 0 aliphatic carbocycles. The lowest BCUT2D eigenvalue weighted by Gasteiger charge is -2.32. The number of carbonyl (C=O) groups is 2. The van der Waals surface area contributed by atoms with Gasteiger partial charge in [0.25, 0.3) is 0 Å². The Morgan fingerprint density at radius 2 is 2.15 bits per heavy atom. The summed E-state index contributed by atoms with van der Waals surface area (Å²) in [5.74, 6) is -1.70. The topological polar surface area (TPSA) is 55.8 Å². The number of halogens is 1. The van der Waals surface area contributed by atoms with Gasteiger partial charge in [0.2, 0.25) is 5.91 Å². The van der Waals surface area contributed by atoms with Crippen LogP contribution in [0, 0.1) is 11.8 Å². The van der Waals surface area contributed by atoms with Crippen LogP contribution in [0.3, 0.4) is 0 Å². The number of ether oxygens (including phenoxy) is 2. The average molecular weight is 374 g/mol. The first-order valence-corrected chi connectivity index (χ1v) is 9.14. The summed E-state index contributed by atoms with van der Waals surface area (Å²) in [6, 6.07) is 6.85. The molecule has 3 heterocycles. The average Bonchev–Trinajstić information content (AvgIpc) is 3.26. The van der Waals surface area contributed by atoms with Crippen LogP contribution in [-0.4, -0.2) is 36.2 Å². The lowest BCUT2D eigenvalue weighted by Crippen LogP contribution is -2.45. The van der Waals surface area contributed by atoms with Gasteiger partial charge in [-0.15, -0.1) is 6.58 Å². The van der Waals surface area contributed by atoms with E-state index in [9.17, 15) is 9.59 Å². The Balaban J connectivity index is 1.78. The Morgan fingerprint density at radius 3 is 2.81 bits per heavy atom. The van der Waals surface area contributed by atoms with Crippen LogP contribution in [0.5, 0.6) is 0 Å². The molecule has 3 aliphatic rings. The first-order valence-electron chi connectivity index (χ1n) is 8.77. The van der Waals surface area contributed by atoms with Gasteiger partial charge in [-0.05, 0) is 37.6 Å². The van der Waals surface area contributed by atoms with Crippen molar-refractivity contribution >= 4 is 29.2 Å². The van der Waals surface area contributed by atoms with Gasteiger partial charge in [-0.25, -0.2) is 0 Å². The van der Waals surface area contributed by atoms with Crippen LogP contribution < -0.4 is 4.90 Å². The van der Waals surface area contributed by atoms with E-state index in [0.717, 1.165) is 5.69 Å². The number of hydrogen-bond donors (Lipinski definition) is 0. The third kappa shape index (κ3) is 2.27. The zero-order valence-corrected chi connectivity index (χ0v) is 15.2. The molecule has 1 amide bonds. The molecule has 5 nitrogen and oxygen atoms in total. The molecule has 1 spiro atoms. The van der Waals surface area contributed by atoms with Crippen LogP contribution >= 0.6 is 11.6 Å². The monoisotopic (exact) mass is 373 g/mol. The van der Waals surface area contributed by atoms with E-state index in [0.29, 0.717) is 11.4 Å². The fraction of sp³-hybridized carbons (Fsp3) is 0.400. The Hall–Kier alpha value is -2.11. The second kappa shape index (κ2) is 6.25. The van der Waals surface area contributed by atoms with Crippen molar-refractivity contribution in [3.05, 3.63) is 54.1 Å². The SMILES string of the molecule is C=CC[C@H]1N(c2ccc(Cl)cc2)C(=O)[C@@H]2[C@@H](C(=O)OCC)[C@H]3C=C[C@]21O3. The number of benzene rings is 1. The van der Waals surface area contributed by atoms with Crippen molar-refractivity contribution in [3.63, 3.8) is 0 Å². The van der Waals surface area contributed by atoms with Gasteiger partial charge < -0.3 is 14.4 Å². The molecule has 2 saturated heterocycles. The molecule has 1 aromatic carbocycles.